The molecular formula is C25H34IN5O2. The molecule has 2 aromatic carbocycles. The number of hydrogen-bond donors (Lipinski definition) is 3. The van der Waals surface area contributed by atoms with E-state index in [1.807, 2.05) is 53.4 Å². The van der Waals surface area contributed by atoms with E-state index in [4.69, 9.17) is 0 Å². The summed E-state index contributed by atoms with van der Waals surface area (Å²) in [5.41, 5.74) is 2.44. The number of likely N-dealkylation sites (tertiary alicyclic amines) is 1. The van der Waals surface area contributed by atoms with Crippen LogP contribution >= 0.6 is 24.0 Å². The van der Waals surface area contributed by atoms with Crippen LogP contribution in [0.5, 0.6) is 0 Å². The first-order valence-electron chi connectivity index (χ1n) is 11.2. The van der Waals surface area contributed by atoms with Crippen LogP contribution in [0.3, 0.4) is 0 Å². The molecule has 33 heavy (non-hydrogen) atoms. The normalized spacial score (nSPS) is 15.7. The summed E-state index contributed by atoms with van der Waals surface area (Å²) in [6.45, 7) is 2.88. The molecule has 178 valence electrons. The average molecular weight is 563 g/mol. The molecule has 1 unspecified atom stereocenters. The van der Waals surface area contributed by atoms with E-state index in [0.717, 1.165) is 25.9 Å². The van der Waals surface area contributed by atoms with Gasteiger partial charge in [0.05, 0.1) is 6.54 Å². The van der Waals surface area contributed by atoms with E-state index in [1.54, 1.807) is 7.05 Å². The lowest BCUT2D eigenvalue weighted by Gasteiger charge is -2.18. The van der Waals surface area contributed by atoms with Crippen LogP contribution in [0.15, 0.2) is 65.7 Å². The molecule has 8 heteroatoms. The molecule has 1 atom stereocenters. The number of aliphatic imine (C=N–C) groups is 1. The lowest BCUT2D eigenvalue weighted by molar-refractivity contribution is -0.127. The molecule has 1 aliphatic rings. The molecule has 0 bridgehead atoms. The van der Waals surface area contributed by atoms with Crippen molar-refractivity contribution in [3.63, 3.8) is 0 Å². The Bertz CT molecular complexity index is 892. The number of hydrogen-bond acceptors (Lipinski definition) is 3. The van der Waals surface area contributed by atoms with Crippen LogP contribution in [0.4, 0.5) is 0 Å². The Kier molecular flexibility index (Phi) is 11.7. The quantitative estimate of drug-likeness (QED) is 0.235. The standard InChI is InChI=1S/C25H33N5O2.HI/c1-26-25(29-18-23(31)27-14-12-20-8-4-2-5-9-20)28-17-22-16-24(32)30(19-22)15-13-21-10-6-3-7-11-21;/h2-11,22H,12-19H2,1H3,(H,27,31)(H2,26,28,29);1H. The van der Waals surface area contributed by atoms with Crippen molar-refractivity contribution in [1.82, 2.24) is 20.9 Å². The summed E-state index contributed by atoms with van der Waals surface area (Å²) < 4.78 is 0. The molecule has 1 aliphatic heterocycles. The van der Waals surface area contributed by atoms with Gasteiger partial charge in [0.2, 0.25) is 11.8 Å². The van der Waals surface area contributed by atoms with Crippen molar-refractivity contribution in [1.29, 1.82) is 0 Å². The second kappa shape index (κ2) is 14.5. The molecule has 0 aliphatic carbocycles. The van der Waals surface area contributed by atoms with Crippen LogP contribution in [0.1, 0.15) is 17.5 Å². The van der Waals surface area contributed by atoms with Gasteiger partial charge in [0.25, 0.3) is 0 Å². The maximum Gasteiger partial charge on any atom is 0.239 e. The molecule has 3 N–H and O–H groups in total. The first-order valence-corrected chi connectivity index (χ1v) is 11.2. The van der Waals surface area contributed by atoms with Gasteiger partial charge in [-0.2, -0.15) is 0 Å². The predicted octanol–water partition coefficient (Wildman–Crippen LogP) is 2.22. The van der Waals surface area contributed by atoms with Gasteiger partial charge >= 0.3 is 0 Å². The van der Waals surface area contributed by atoms with Gasteiger partial charge in [-0.05, 0) is 24.0 Å². The lowest BCUT2D eigenvalue weighted by Crippen LogP contribution is -2.45. The Balaban J connectivity index is 0.00000385. The predicted molar refractivity (Wildman–Crippen MR) is 143 cm³/mol. The Labute approximate surface area is 213 Å². The molecule has 3 rings (SSSR count). The molecule has 0 aromatic heterocycles. The van der Waals surface area contributed by atoms with Crippen molar-refractivity contribution in [3.8, 4) is 0 Å². The number of halogens is 1. The van der Waals surface area contributed by atoms with E-state index in [0.29, 0.717) is 25.5 Å². The summed E-state index contributed by atoms with van der Waals surface area (Å²) in [5, 5.41) is 9.19. The number of carbonyl (C=O) groups excluding carboxylic acids is 2. The third-order valence-electron chi connectivity index (χ3n) is 5.58. The minimum absolute atomic E-state index is 0. The van der Waals surface area contributed by atoms with E-state index in [1.165, 1.54) is 11.1 Å². The molecular weight excluding hydrogens is 529 g/mol. The first kappa shape index (κ1) is 26.6. The van der Waals surface area contributed by atoms with Gasteiger partial charge < -0.3 is 20.9 Å². The molecule has 0 saturated carbocycles. The Morgan fingerprint density at radius 3 is 2.24 bits per heavy atom. The summed E-state index contributed by atoms with van der Waals surface area (Å²) in [7, 11) is 1.68. The summed E-state index contributed by atoms with van der Waals surface area (Å²) in [6, 6.07) is 20.3. The fourth-order valence-electron chi connectivity index (χ4n) is 3.79. The van der Waals surface area contributed by atoms with Gasteiger partial charge in [0.1, 0.15) is 0 Å². The monoisotopic (exact) mass is 563 g/mol. The van der Waals surface area contributed by atoms with E-state index in [9.17, 15) is 9.59 Å². The Morgan fingerprint density at radius 1 is 0.970 bits per heavy atom. The number of rotatable bonds is 10. The van der Waals surface area contributed by atoms with Gasteiger partial charge in [-0.3, -0.25) is 14.6 Å². The van der Waals surface area contributed by atoms with E-state index in [-0.39, 0.29) is 48.3 Å². The van der Waals surface area contributed by atoms with Crippen molar-refractivity contribution >= 4 is 41.8 Å². The Morgan fingerprint density at radius 2 is 1.61 bits per heavy atom. The maximum atomic E-state index is 12.3. The van der Waals surface area contributed by atoms with Crippen molar-refractivity contribution in [3.05, 3.63) is 71.8 Å². The van der Waals surface area contributed by atoms with Crippen LogP contribution in [-0.2, 0) is 22.4 Å². The maximum absolute atomic E-state index is 12.3. The minimum Gasteiger partial charge on any atom is -0.356 e. The topological polar surface area (TPSA) is 85.8 Å². The van der Waals surface area contributed by atoms with Crippen molar-refractivity contribution < 1.29 is 9.59 Å². The smallest absolute Gasteiger partial charge is 0.239 e. The molecule has 0 radical (unpaired) electrons. The highest BCUT2D eigenvalue weighted by molar-refractivity contribution is 14.0. The molecule has 2 aromatic rings. The Hall–Kier alpha value is -2.62. The number of amides is 2. The van der Waals surface area contributed by atoms with Crippen LogP contribution in [0, 0.1) is 5.92 Å². The van der Waals surface area contributed by atoms with E-state index >= 15 is 0 Å². The summed E-state index contributed by atoms with van der Waals surface area (Å²) in [5.74, 6) is 0.926. The molecule has 0 spiro atoms. The molecule has 7 nitrogen and oxygen atoms in total. The second-order valence-electron chi connectivity index (χ2n) is 8.04. The van der Waals surface area contributed by atoms with E-state index < -0.39 is 0 Å². The van der Waals surface area contributed by atoms with Crippen LogP contribution in [0.2, 0.25) is 0 Å². The fraction of sp³-hybridized carbons (Fsp3) is 0.400. The summed E-state index contributed by atoms with van der Waals surface area (Å²) in [4.78, 5) is 30.5. The van der Waals surface area contributed by atoms with Crippen LogP contribution in [0.25, 0.3) is 0 Å². The highest BCUT2D eigenvalue weighted by atomic mass is 127. The third kappa shape index (κ3) is 9.41. The van der Waals surface area contributed by atoms with Crippen LogP contribution < -0.4 is 16.0 Å². The number of nitrogens with one attached hydrogen (secondary N) is 3. The van der Waals surface area contributed by atoms with Gasteiger partial charge in [-0.25, -0.2) is 0 Å². The number of carbonyl (C=O) groups is 2. The molecule has 1 fully saturated rings. The largest absolute Gasteiger partial charge is 0.356 e. The number of nitrogens with zero attached hydrogens (tertiary/aromatic N) is 2. The lowest BCUT2D eigenvalue weighted by atomic mass is 10.1. The summed E-state index contributed by atoms with van der Waals surface area (Å²) in [6.07, 6.45) is 2.21. The zero-order chi connectivity index (χ0) is 22.6. The van der Waals surface area contributed by atoms with E-state index in [2.05, 4.69) is 33.1 Å². The van der Waals surface area contributed by atoms with Crippen molar-refractivity contribution in [2.75, 3.05) is 39.8 Å². The van der Waals surface area contributed by atoms with Gasteiger partial charge in [-0.15, -0.1) is 24.0 Å². The third-order valence-corrected chi connectivity index (χ3v) is 5.58. The second-order valence-corrected chi connectivity index (χ2v) is 8.04. The molecule has 1 saturated heterocycles. The number of benzene rings is 2. The highest BCUT2D eigenvalue weighted by Gasteiger charge is 2.29. The zero-order valence-electron chi connectivity index (χ0n) is 19.1. The fourth-order valence-corrected chi connectivity index (χ4v) is 3.79. The van der Waals surface area contributed by atoms with Crippen molar-refractivity contribution in [2.45, 2.75) is 19.3 Å². The van der Waals surface area contributed by atoms with Crippen LogP contribution in [-0.4, -0.2) is 62.4 Å². The zero-order valence-corrected chi connectivity index (χ0v) is 21.5. The molecule has 2 amide bonds. The average Bonchev–Trinajstić information content (AvgIpc) is 3.18. The summed E-state index contributed by atoms with van der Waals surface area (Å²) >= 11 is 0. The molecule has 1 heterocycles. The number of guanidine groups is 1. The van der Waals surface area contributed by atoms with Gasteiger partial charge in [-0.1, -0.05) is 60.7 Å². The van der Waals surface area contributed by atoms with Gasteiger partial charge in [0.15, 0.2) is 5.96 Å². The van der Waals surface area contributed by atoms with Gasteiger partial charge in [0, 0.05) is 45.6 Å². The van der Waals surface area contributed by atoms with Crippen molar-refractivity contribution in [2.24, 2.45) is 10.9 Å². The highest BCUT2D eigenvalue weighted by Crippen LogP contribution is 2.17. The first-order chi connectivity index (χ1) is 15.6. The SMILES string of the molecule is CN=C(NCC(=O)NCCc1ccccc1)NCC1CC(=O)N(CCc2ccccc2)C1.I. The minimum atomic E-state index is -0.0768.